The summed E-state index contributed by atoms with van der Waals surface area (Å²) in [6, 6.07) is -0.667. The number of hydrogen-bond acceptors (Lipinski definition) is 4. The van der Waals surface area contributed by atoms with Gasteiger partial charge in [0, 0.05) is 7.11 Å². The van der Waals surface area contributed by atoms with Gasteiger partial charge in [0.05, 0.1) is 6.04 Å². The summed E-state index contributed by atoms with van der Waals surface area (Å²) in [4.78, 5) is 20.8. The van der Waals surface area contributed by atoms with Gasteiger partial charge in [-0.3, -0.25) is 9.36 Å². The van der Waals surface area contributed by atoms with Crippen LogP contribution in [0.25, 0.3) is 0 Å². The van der Waals surface area contributed by atoms with Crippen molar-refractivity contribution in [2.45, 2.75) is 39.0 Å². The van der Waals surface area contributed by atoms with Crippen LogP contribution in [0.1, 0.15) is 27.2 Å². The Balaban J connectivity index is 4.30. The minimum Gasteiger partial charge on any atom is -0.341 e. The van der Waals surface area contributed by atoms with Gasteiger partial charge in [-0.05, 0) is 19.3 Å². The van der Waals surface area contributed by atoms with E-state index in [1.807, 2.05) is 13.8 Å². The zero-order chi connectivity index (χ0) is 12.9. The molecule has 16 heavy (non-hydrogen) atoms. The molecule has 7 heteroatoms. The largest absolute Gasteiger partial charge is 0.349 e. The maximum Gasteiger partial charge on any atom is 0.349 e. The van der Waals surface area contributed by atoms with Gasteiger partial charge in [-0.1, -0.05) is 13.8 Å². The first-order valence-electron chi connectivity index (χ1n) is 5.14. The van der Waals surface area contributed by atoms with Crippen LogP contribution in [0, 0.1) is 5.92 Å². The van der Waals surface area contributed by atoms with Gasteiger partial charge in [0.25, 0.3) is 0 Å². The van der Waals surface area contributed by atoms with E-state index >= 15 is 0 Å². The monoisotopic (exact) mass is 252 g/mol. The second-order valence-corrected chi connectivity index (χ2v) is 6.44. The normalized spacial score (nSPS) is 18.9. The molecule has 0 aromatic carbocycles. The standard InChI is InChI=1S/C9H21N2O4P/c1-6(2)5-8(10)9(12)11-7(3)16(13,14)15-4/h6-8H,5,10H2,1-4H3,(H,11,12)(H,13,14)/t7-,8-/m0/s1. The molecule has 0 aliphatic rings. The highest BCUT2D eigenvalue weighted by molar-refractivity contribution is 7.53. The Morgan fingerprint density at radius 1 is 1.50 bits per heavy atom. The van der Waals surface area contributed by atoms with Gasteiger partial charge >= 0.3 is 7.60 Å². The molecule has 1 unspecified atom stereocenters. The molecule has 0 rings (SSSR count). The van der Waals surface area contributed by atoms with Crippen molar-refractivity contribution in [2.24, 2.45) is 11.7 Å². The molecule has 0 aliphatic heterocycles. The van der Waals surface area contributed by atoms with Crippen molar-refractivity contribution in [3.63, 3.8) is 0 Å². The Hall–Kier alpha value is -0.420. The summed E-state index contributed by atoms with van der Waals surface area (Å²) in [7, 11) is -2.66. The Morgan fingerprint density at radius 3 is 2.38 bits per heavy atom. The zero-order valence-corrected chi connectivity index (χ0v) is 11.0. The van der Waals surface area contributed by atoms with Crippen molar-refractivity contribution in [1.82, 2.24) is 5.32 Å². The fourth-order valence-corrected chi connectivity index (χ4v) is 1.77. The summed E-state index contributed by atoms with van der Waals surface area (Å²) >= 11 is 0. The van der Waals surface area contributed by atoms with Crippen molar-refractivity contribution in [2.75, 3.05) is 7.11 Å². The molecule has 0 radical (unpaired) electrons. The van der Waals surface area contributed by atoms with E-state index in [9.17, 15) is 14.3 Å². The predicted octanol–water partition coefficient (Wildman–Crippen LogP) is 0.654. The minimum absolute atomic E-state index is 0.291. The number of rotatable bonds is 6. The summed E-state index contributed by atoms with van der Waals surface area (Å²) < 4.78 is 15.8. The van der Waals surface area contributed by atoms with Crippen molar-refractivity contribution in [3.05, 3.63) is 0 Å². The Bertz CT molecular complexity index is 283. The first-order valence-corrected chi connectivity index (χ1v) is 6.79. The molecule has 0 fully saturated rings. The molecular weight excluding hydrogens is 231 g/mol. The second-order valence-electron chi connectivity index (χ2n) is 4.17. The van der Waals surface area contributed by atoms with E-state index in [1.54, 1.807) is 0 Å². The number of carbonyl (C=O) groups excluding carboxylic acids is 1. The van der Waals surface area contributed by atoms with E-state index < -0.39 is 25.3 Å². The third kappa shape index (κ3) is 5.07. The number of carbonyl (C=O) groups is 1. The molecule has 96 valence electrons. The summed E-state index contributed by atoms with van der Waals surface area (Å²) in [5, 5.41) is 2.37. The molecule has 0 bridgehead atoms. The summed E-state index contributed by atoms with van der Waals surface area (Å²) in [5.74, 6) is -1.10. The molecule has 1 amide bonds. The highest BCUT2D eigenvalue weighted by Crippen LogP contribution is 2.44. The van der Waals surface area contributed by atoms with Gasteiger partial charge < -0.3 is 20.5 Å². The van der Waals surface area contributed by atoms with Gasteiger partial charge in [0.2, 0.25) is 5.91 Å². The van der Waals surface area contributed by atoms with Gasteiger partial charge in [0.15, 0.2) is 0 Å². The molecule has 0 saturated heterocycles. The molecule has 0 aromatic heterocycles. The molecule has 0 saturated carbocycles. The van der Waals surface area contributed by atoms with E-state index in [1.165, 1.54) is 6.92 Å². The lowest BCUT2D eigenvalue weighted by atomic mass is 10.0. The van der Waals surface area contributed by atoms with Crippen molar-refractivity contribution in [1.29, 1.82) is 0 Å². The highest BCUT2D eigenvalue weighted by atomic mass is 31.2. The molecule has 0 spiro atoms. The molecule has 0 heterocycles. The van der Waals surface area contributed by atoms with Crippen LogP contribution < -0.4 is 11.1 Å². The van der Waals surface area contributed by atoms with E-state index in [0.717, 1.165) is 7.11 Å². The van der Waals surface area contributed by atoms with Crippen LogP contribution in [0.2, 0.25) is 0 Å². The van der Waals surface area contributed by atoms with Crippen LogP contribution in [-0.2, 0) is 13.9 Å². The van der Waals surface area contributed by atoms with Gasteiger partial charge in [-0.15, -0.1) is 0 Å². The van der Waals surface area contributed by atoms with Crippen LogP contribution in [0.15, 0.2) is 0 Å². The quantitative estimate of drug-likeness (QED) is 0.602. The van der Waals surface area contributed by atoms with Crippen LogP contribution >= 0.6 is 7.60 Å². The van der Waals surface area contributed by atoms with E-state index in [0.29, 0.717) is 12.3 Å². The topological polar surface area (TPSA) is 102 Å². The number of amides is 1. The van der Waals surface area contributed by atoms with E-state index in [2.05, 4.69) is 9.84 Å². The molecule has 3 atom stereocenters. The van der Waals surface area contributed by atoms with E-state index in [-0.39, 0.29) is 0 Å². The average Bonchev–Trinajstić information content (AvgIpc) is 2.16. The maximum atomic E-state index is 11.5. The summed E-state index contributed by atoms with van der Waals surface area (Å²) in [6.07, 6.45) is 0.529. The lowest BCUT2D eigenvalue weighted by molar-refractivity contribution is -0.123. The lowest BCUT2D eigenvalue weighted by Gasteiger charge is -2.21. The van der Waals surface area contributed by atoms with Crippen molar-refractivity contribution in [3.8, 4) is 0 Å². The lowest BCUT2D eigenvalue weighted by Crippen LogP contribution is -2.45. The SMILES string of the molecule is COP(=O)(O)[C@@H](C)NC(=O)[C@@H](N)CC(C)C. The Morgan fingerprint density at radius 2 is 2.00 bits per heavy atom. The number of nitrogens with two attached hydrogens (primary N) is 1. The third-order valence-electron chi connectivity index (χ3n) is 2.16. The van der Waals surface area contributed by atoms with Gasteiger partial charge in [-0.25, -0.2) is 0 Å². The molecule has 0 aliphatic carbocycles. The first kappa shape index (κ1) is 15.6. The van der Waals surface area contributed by atoms with Crippen LogP contribution in [0.4, 0.5) is 0 Å². The molecule has 0 aromatic rings. The predicted molar refractivity (Wildman–Crippen MR) is 61.9 cm³/mol. The van der Waals surface area contributed by atoms with Crippen molar-refractivity contribution >= 4 is 13.5 Å². The second kappa shape index (κ2) is 6.35. The van der Waals surface area contributed by atoms with Crippen LogP contribution in [-0.4, -0.2) is 29.7 Å². The Kier molecular flexibility index (Phi) is 6.18. The molecule has 6 nitrogen and oxygen atoms in total. The smallest absolute Gasteiger partial charge is 0.341 e. The average molecular weight is 252 g/mol. The van der Waals surface area contributed by atoms with Crippen molar-refractivity contribution < 1.29 is 18.8 Å². The fourth-order valence-electron chi connectivity index (χ4n) is 1.17. The van der Waals surface area contributed by atoms with Gasteiger partial charge in [-0.2, -0.15) is 0 Å². The number of nitrogens with one attached hydrogen (secondary N) is 1. The zero-order valence-electron chi connectivity index (χ0n) is 10.1. The van der Waals surface area contributed by atoms with Crippen LogP contribution in [0.5, 0.6) is 0 Å². The number of hydrogen-bond donors (Lipinski definition) is 3. The summed E-state index contributed by atoms with van der Waals surface area (Å²) in [5.41, 5.74) is 5.63. The van der Waals surface area contributed by atoms with Crippen LogP contribution in [0.3, 0.4) is 0 Å². The summed E-state index contributed by atoms with van der Waals surface area (Å²) in [6.45, 7) is 5.30. The first-order chi connectivity index (χ1) is 7.20. The van der Waals surface area contributed by atoms with Gasteiger partial charge in [0.1, 0.15) is 5.78 Å². The molecule has 4 N–H and O–H groups in total. The molecular formula is C9H21N2O4P. The maximum absolute atomic E-state index is 11.5. The third-order valence-corrected chi connectivity index (χ3v) is 3.80. The minimum atomic E-state index is -3.78. The van der Waals surface area contributed by atoms with E-state index in [4.69, 9.17) is 5.73 Å². The Labute approximate surface area is 96.1 Å². The highest BCUT2D eigenvalue weighted by Gasteiger charge is 2.29. The fraction of sp³-hybridized carbons (Fsp3) is 0.889.